The third-order valence-electron chi connectivity index (χ3n) is 3.50. The molecule has 1 saturated carbocycles. The summed E-state index contributed by atoms with van der Waals surface area (Å²) in [5, 5.41) is 0. The Labute approximate surface area is 133 Å². The molecule has 0 bridgehead atoms. The van der Waals surface area contributed by atoms with Crippen molar-refractivity contribution in [1.29, 1.82) is 0 Å². The molecule has 0 saturated heterocycles. The van der Waals surface area contributed by atoms with Gasteiger partial charge in [-0.1, -0.05) is 5.92 Å². The lowest BCUT2D eigenvalue weighted by Crippen LogP contribution is -2.39. The molecule has 1 heterocycles. The number of unbranched alkanes of at least 4 members (excludes halogenated alkanes) is 1. The Kier molecular flexibility index (Phi) is 7.21. The molecule has 120 valence electrons. The van der Waals surface area contributed by atoms with E-state index in [0.29, 0.717) is 6.10 Å². The predicted molar refractivity (Wildman–Crippen MR) is 85.9 cm³/mol. The van der Waals surface area contributed by atoms with Crippen molar-refractivity contribution in [3.05, 3.63) is 24.0 Å². The Bertz CT molecular complexity index is 483. The van der Waals surface area contributed by atoms with E-state index in [1.165, 1.54) is 0 Å². The Balaban J connectivity index is 1.68. The monoisotopic (exact) mass is 303 g/mol. The lowest BCUT2D eigenvalue weighted by molar-refractivity contribution is -0.0564. The van der Waals surface area contributed by atoms with Gasteiger partial charge in [-0.15, -0.1) is 0 Å². The lowest BCUT2D eigenvalue weighted by Gasteiger charge is -2.34. The molecule has 4 heteroatoms. The highest BCUT2D eigenvalue weighted by Gasteiger charge is 2.31. The molecule has 0 unspecified atom stereocenters. The second kappa shape index (κ2) is 9.45. The number of pyridine rings is 1. The van der Waals surface area contributed by atoms with E-state index in [1.807, 2.05) is 26.0 Å². The molecular formula is C18H25NO3. The van der Waals surface area contributed by atoms with Gasteiger partial charge in [0.05, 0.1) is 12.3 Å². The van der Waals surface area contributed by atoms with E-state index in [9.17, 15) is 0 Å². The van der Waals surface area contributed by atoms with Crippen LogP contribution in [0.1, 0.15) is 45.2 Å². The van der Waals surface area contributed by atoms with Crippen molar-refractivity contribution < 1.29 is 14.2 Å². The normalized spacial score (nSPS) is 19.9. The summed E-state index contributed by atoms with van der Waals surface area (Å²) in [5.74, 6) is 6.98. The zero-order valence-electron chi connectivity index (χ0n) is 13.5. The number of hydrogen-bond acceptors (Lipinski definition) is 4. The van der Waals surface area contributed by atoms with Crippen LogP contribution in [-0.4, -0.2) is 37.0 Å². The molecule has 0 spiro atoms. The highest BCUT2D eigenvalue weighted by atomic mass is 16.5. The van der Waals surface area contributed by atoms with E-state index in [4.69, 9.17) is 14.2 Å². The second-order valence-electron chi connectivity index (χ2n) is 5.27. The van der Waals surface area contributed by atoms with Gasteiger partial charge < -0.3 is 14.2 Å². The SMILES string of the molecule is CCOCCCC#Cc1ccc(O[C@H]2C[C@H](OCC)C2)cn1. The van der Waals surface area contributed by atoms with E-state index in [1.54, 1.807) is 6.20 Å². The highest BCUT2D eigenvalue weighted by molar-refractivity contribution is 5.31. The molecule has 0 atom stereocenters. The summed E-state index contributed by atoms with van der Waals surface area (Å²) in [6.45, 7) is 6.34. The topological polar surface area (TPSA) is 40.6 Å². The van der Waals surface area contributed by atoms with Crippen LogP contribution in [0.2, 0.25) is 0 Å². The van der Waals surface area contributed by atoms with Crippen molar-refractivity contribution in [1.82, 2.24) is 4.98 Å². The largest absolute Gasteiger partial charge is 0.489 e. The van der Waals surface area contributed by atoms with Crippen LogP contribution in [0.25, 0.3) is 0 Å². The fourth-order valence-electron chi connectivity index (χ4n) is 2.26. The molecule has 0 aliphatic heterocycles. The summed E-state index contributed by atoms with van der Waals surface area (Å²) in [6, 6.07) is 3.84. The molecule has 1 fully saturated rings. The lowest BCUT2D eigenvalue weighted by atomic mass is 9.92. The molecule has 0 radical (unpaired) electrons. The van der Waals surface area contributed by atoms with Crippen LogP contribution in [0.15, 0.2) is 18.3 Å². The molecule has 0 aromatic carbocycles. The van der Waals surface area contributed by atoms with Gasteiger partial charge in [0.15, 0.2) is 0 Å². The fraction of sp³-hybridized carbons (Fsp3) is 0.611. The highest BCUT2D eigenvalue weighted by Crippen LogP contribution is 2.27. The van der Waals surface area contributed by atoms with Gasteiger partial charge in [0, 0.05) is 39.1 Å². The Morgan fingerprint density at radius 3 is 2.73 bits per heavy atom. The summed E-state index contributed by atoms with van der Waals surface area (Å²) in [6.07, 6.45) is 6.10. The summed E-state index contributed by atoms with van der Waals surface area (Å²) in [7, 11) is 0. The smallest absolute Gasteiger partial charge is 0.138 e. The van der Waals surface area contributed by atoms with Crippen LogP contribution in [0.4, 0.5) is 0 Å². The maximum Gasteiger partial charge on any atom is 0.138 e. The van der Waals surface area contributed by atoms with E-state index in [-0.39, 0.29) is 6.10 Å². The van der Waals surface area contributed by atoms with E-state index in [0.717, 1.165) is 56.9 Å². The van der Waals surface area contributed by atoms with Crippen LogP contribution >= 0.6 is 0 Å². The predicted octanol–water partition coefficient (Wildman–Crippen LogP) is 3.20. The second-order valence-corrected chi connectivity index (χ2v) is 5.27. The van der Waals surface area contributed by atoms with Gasteiger partial charge >= 0.3 is 0 Å². The molecule has 1 aliphatic carbocycles. The Morgan fingerprint density at radius 1 is 1.18 bits per heavy atom. The van der Waals surface area contributed by atoms with Crippen LogP contribution in [0, 0.1) is 11.8 Å². The Morgan fingerprint density at radius 2 is 2.05 bits per heavy atom. The first-order valence-corrected chi connectivity index (χ1v) is 8.12. The van der Waals surface area contributed by atoms with Crippen molar-refractivity contribution in [3.63, 3.8) is 0 Å². The quantitative estimate of drug-likeness (QED) is 0.546. The number of ether oxygens (including phenoxy) is 3. The van der Waals surface area contributed by atoms with Crippen LogP contribution in [-0.2, 0) is 9.47 Å². The summed E-state index contributed by atoms with van der Waals surface area (Å²) in [5.41, 5.74) is 0.782. The molecule has 1 aromatic heterocycles. The van der Waals surface area contributed by atoms with Gasteiger partial charge in [-0.25, -0.2) is 4.98 Å². The number of rotatable bonds is 8. The molecular weight excluding hydrogens is 278 g/mol. The molecule has 2 rings (SSSR count). The number of nitrogens with zero attached hydrogens (tertiary/aromatic N) is 1. The minimum atomic E-state index is 0.258. The molecule has 0 N–H and O–H groups in total. The van der Waals surface area contributed by atoms with Gasteiger partial charge in [0.1, 0.15) is 17.5 Å². The third kappa shape index (κ3) is 5.67. The minimum absolute atomic E-state index is 0.258. The number of hydrogen-bond donors (Lipinski definition) is 0. The molecule has 0 amide bonds. The summed E-state index contributed by atoms with van der Waals surface area (Å²) in [4.78, 5) is 4.32. The minimum Gasteiger partial charge on any atom is -0.489 e. The maximum absolute atomic E-state index is 5.84. The van der Waals surface area contributed by atoms with E-state index >= 15 is 0 Å². The fourth-order valence-corrected chi connectivity index (χ4v) is 2.26. The van der Waals surface area contributed by atoms with Gasteiger partial charge in [-0.3, -0.25) is 0 Å². The van der Waals surface area contributed by atoms with Crippen LogP contribution < -0.4 is 4.74 Å². The van der Waals surface area contributed by atoms with Crippen molar-refractivity contribution in [3.8, 4) is 17.6 Å². The van der Waals surface area contributed by atoms with Gasteiger partial charge in [0.2, 0.25) is 0 Å². The first-order chi connectivity index (χ1) is 10.8. The van der Waals surface area contributed by atoms with Crippen molar-refractivity contribution >= 4 is 0 Å². The first-order valence-electron chi connectivity index (χ1n) is 8.12. The molecule has 4 nitrogen and oxygen atoms in total. The summed E-state index contributed by atoms with van der Waals surface area (Å²) >= 11 is 0. The average molecular weight is 303 g/mol. The Hall–Kier alpha value is -1.57. The van der Waals surface area contributed by atoms with Crippen molar-refractivity contribution in [2.45, 2.75) is 51.7 Å². The van der Waals surface area contributed by atoms with Crippen molar-refractivity contribution in [2.24, 2.45) is 0 Å². The van der Waals surface area contributed by atoms with E-state index in [2.05, 4.69) is 16.8 Å². The zero-order chi connectivity index (χ0) is 15.6. The average Bonchev–Trinajstić information content (AvgIpc) is 2.50. The van der Waals surface area contributed by atoms with Crippen LogP contribution in [0.5, 0.6) is 5.75 Å². The summed E-state index contributed by atoms with van der Waals surface area (Å²) < 4.78 is 16.6. The first kappa shape index (κ1) is 16.8. The molecule has 22 heavy (non-hydrogen) atoms. The van der Waals surface area contributed by atoms with Gasteiger partial charge in [0.25, 0.3) is 0 Å². The maximum atomic E-state index is 5.84. The number of aromatic nitrogens is 1. The third-order valence-corrected chi connectivity index (χ3v) is 3.50. The molecule has 1 aliphatic rings. The molecule has 1 aromatic rings. The zero-order valence-corrected chi connectivity index (χ0v) is 13.5. The van der Waals surface area contributed by atoms with Gasteiger partial charge in [-0.05, 0) is 38.3 Å². The van der Waals surface area contributed by atoms with Crippen LogP contribution in [0.3, 0.4) is 0 Å². The standard InChI is InChI=1S/C18H25NO3/c1-3-20-11-7-5-6-8-15-9-10-16(14-19-15)22-18-12-17(13-18)21-4-2/h9-10,14,17-18H,3-5,7,11-13H2,1-2H3/t17-,18-. The van der Waals surface area contributed by atoms with E-state index < -0.39 is 0 Å². The van der Waals surface area contributed by atoms with Crippen molar-refractivity contribution in [2.75, 3.05) is 19.8 Å². The van der Waals surface area contributed by atoms with Gasteiger partial charge in [-0.2, -0.15) is 0 Å².